The van der Waals surface area contributed by atoms with Crippen LogP contribution in [0.15, 0.2) is 47.1 Å². The maximum Gasteiger partial charge on any atom is 0.334 e. The number of aliphatic hydroxyl groups excluding tert-OH is 1. The van der Waals surface area contributed by atoms with E-state index >= 15 is 0 Å². The van der Waals surface area contributed by atoms with Gasteiger partial charge in [-0.2, -0.15) is 0 Å². The Labute approximate surface area is 170 Å². The van der Waals surface area contributed by atoms with Crippen LogP contribution in [-0.4, -0.2) is 47.9 Å². The fourth-order valence-electron chi connectivity index (χ4n) is 3.48. The highest BCUT2D eigenvalue weighted by molar-refractivity contribution is 5.92. The van der Waals surface area contributed by atoms with E-state index in [1.54, 1.807) is 19.9 Å². The van der Waals surface area contributed by atoms with Crippen LogP contribution in [0.25, 0.3) is 0 Å². The van der Waals surface area contributed by atoms with Gasteiger partial charge < -0.3 is 19.3 Å². The highest BCUT2D eigenvalue weighted by Gasteiger charge is 2.44. The van der Waals surface area contributed by atoms with E-state index in [-0.39, 0.29) is 17.8 Å². The zero-order chi connectivity index (χ0) is 21.7. The molecule has 0 aromatic rings. The molecule has 29 heavy (non-hydrogen) atoms. The van der Waals surface area contributed by atoms with Gasteiger partial charge in [-0.25, -0.2) is 9.59 Å². The molecular weight excluding hydrogens is 376 g/mol. The number of ether oxygens (including phenoxy) is 3. The number of esters is 3. The highest BCUT2D eigenvalue weighted by atomic mass is 16.6. The maximum absolute atomic E-state index is 12.4. The third kappa shape index (κ3) is 5.67. The molecular formula is C22H28O7. The molecule has 4 atom stereocenters. The number of carbonyl (C=O) groups excluding carboxylic acids is 3. The molecule has 158 valence electrons. The summed E-state index contributed by atoms with van der Waals surface area (Å²) in [5, 5.41) is 9.01. The third-order valence-electron chi connectivity index (χ3n) is 5.09. The van der Waals surface area contributed by atoms with E-state index in [0.717, 1.165) is 11.1 Å². The summed E-state index contributed by atoms with van der Waals surface area (Å²) in [5.41, 5.74) is 2.17. The van der Waals surface area contributed by atoms with Crippen LogP contribution in [0.3, 0.4) is 0 Å². The van der Waals surface area contributed by atoms with E-state index in [4.69, 9.17) is 19.3 Å². The van der Waals surface area contributed by atoms with Gasteiger partial charge in [0.05, 0.1) is 12.5 Å². The van der Waals surface area contributed by atoms with Crippen LogP contribution >= 0.6 is 0 Å². The molecule has 7 nitrogen and oxygen atoms in total. The van der Waals surface area contributed by atoms with Crippen LogP contribution in [-0.2, 0) is 28.6 Å². The zero-order valence-corrected chi connectivity index (χ0v) is 17.3. The van der Waals surface area contributed by atoms with E-state index in [9.17, 15) is 14.4 Å². The molecule has 1 saturated heterocycles. The number of hydrogen-bond donors (Lipinski definition) is 1. The lowest BCUT2D eigenvalue weighted by molar-refractivity contribution is -0.148. The maximum atomic E-state index is 12.4. The number of rotatable bonds is 4. The lowest BCUT2D eigenvalue weighted by Crippen LogP contribution is -2.34. The molecule has 1 fully saturated rings. The standard InChI is InChI=1S/C22H28O7/c1-12-6-7-17(27-16(5)24)14(3)11-19-20(15(4)22(26)29-19)18(10-12)28-21(25)13(2)8-9-23/h6,8,11,17-20,23H,4,7,9-10H2,1-3,5H3/b12-6+,13-8+,14-11+/t17-,18+,19?,20+/m0/s1. The molecule has 1 unspecified atom stereocenters. The van der Waals surface area contributed by atoms with Gasteiger partial charge in [-0.15, -0.1) is 0 Å². The van der Waals surface area contributed by atoms with Crippen LogP contribution in [0.1, 0.15) is 40.5 Å². The van der Waals surface area contributed by atoms with E-state index in [0.29, 0.717) is 12.8 Å². The van der Waals surface area contributed by atoms with Crippen LogP contribution < -0.4 is 0 Å². The van der Waals surface area contributed by atoms with E-state index in [1.165, 1.54) is 13.0 Å². The fraction of sp³-hybridized carbons (Fsp3) is 0.500. The van der Waals surface area contributed by atoms with Crippen molar-refractivity contribution in [1.82, 2.24) is 0 Å². The van der Waals surface area contributed by atoms with Gasteiger partial charge in [0.25, 0.3) is 0 Å². The minimum absolute atomic E-state index is 0.234. The first-order valence-corrected chi connectivity index (χ1v) is 9.53. The average Bonchev–Trinajstić information content (AvgIpc) is 2.90. The van der Waals surface area contributed by atoms with Crippen molar-refractivity contribution >= 4 is 17.9 Å². The lowest BCUT2D eigenvalue weighted by Gasteiger charge is -2.28. The molecule has 0 bridgehead atoms. The van der Waals surface area contributed by atoms with Gasteiger partial charge >= 0.3 is 17.9 Å². The van der Waals surface area contributed by atoms with Gasteiger partial charge in [0.2, 0.25) is 0 Å². The summed E-state index contributed by atoms with van der Waals surface area (Å²) in [6.07, 6.45) is 4.05. The molecule has 2 rings (SSSR count). The number of carbonyl (C=O) groups is 3. The largest absolute Gasteiger partial charge is 0.458 e. The average molecular weight is 404 g/mol. The Morgan fingerprint density at radius 1 is 1.31 bits per heavy atom. The Kier molecular flexibility index (Phi) is 7.56. The number of aliphatic hydroxyl groups is 1. The summed E-state index contributed by atoms with van der Waals surface area (Å²) < 4.78 is 16.6. The molecule has 0 saturated carbocycles. The summed E-state index contributed by atoms with van der Waals surface area (Å²) in [6.45, 7) is 10.2. The van der Waals surface area contributed by atoms with Gasteiger partial charge in [-0.1, -0.05) is 18.2 Å². The molecule has 0 spiro atoms. The minimum atomic E-state index is -0.682. The summed E-state index contributed by atoms with van der Waals surface area (Å²) in [5.74, 6) is -2.08. The van der Waals surface area contributed by atoms with Crippen molar-refractivity contribution in [1.29, 1.82) is 0 Å². The van der Waals surface area contributed by atoms with Crippen molar-refractivity contribution in [3.05, 3.63) is 47.1 Å². The second-order valence-electron chi connectivity index (χ2n) is 7.43. The van der Waals surface area contributed by atoms with Gasteiger partial charge in [0.1, 0.15) is 18.3 Å². The topological polar surface area (TPSA) is 99.1 Å². The van der Waals surface area contributed by atoms with E-state index in [2.05, 4.69) is 6.58 Å². The van der Waals surface area contributed by atoms with Crippen LogP contribution in [0.5, 0.6) is 0 Å². The number of hydrogen-bond acceptors (Lipinski definition) is 7. The molecule has 1 aliphatic carbocycles. The second-order valence-corrected chi connectivity index (χ2v) is 7.43. The summed E-state index contributed by atoms with van der Waals surface area (Å²) in [6, 6.07) is 0. The number of fused-ring (bicyclic) bond motifs is 1. The third-order valence-corrected chi connectivity index (χ3v) is 5.09. The monoisotopic (exact) mass is 404 g/mol. The van der Waals surface area contributed by atoms with Crippen molar-refractivity contribution in [2.45, 2.75) is 58.8 Å². The first-order chi connectivity index (χ1) is 13.6. The molecule has 2 aliphatic rings. The first kappa shape index (κ1) is 22.6. The predicted octanol–water partition coefficient (Wildman–Crippen LogP) is 2.55. The summed E-state index contributed by atoms with van der Waals surface area (Å²) in [4.78, 5) is 36.1. The molecule has 0 amide bonds. The first-order valence-electron chi connectivity index (χ1n) is 9.53. The molecule has 0 radical (unpaired) electrons. The molecule has 1 N–H and O–H groups in total. The van der Waals surface area contributed by atoms with E-state index < -0.39 is 42.1 Å². The quantitative estimate of drug-likeness (QED) is 0.333. The van der Waals surface area contributed by atoms with E-state index in [1.807, 2.05) is 13.0 Å². The molecule has 7 heteroatoms. The summed E-state index contributed by atoms with van der Waals surface area (Å²) >= 11 is 0. The molecule has 0 aromatic carbocycles. The lowest BCUT2D eigenvalue weighted by atomic mass is 9.85. The SMILES string of the molecule is C=C1C(=O)OC2/C=C(\C)[C@@H](OC(C)=O)C/C=C(\C)C[C@@H](OC(=O)/C(C)=C/CO)[C@@H]12. The Balaban J connectivity index is 2.42. The Morgan fingerprint density at radius 2 is 2.00 bits per heavy atom. The van der Waals surface area contributed by atoms with Gasteiger partial charge in [-0.05, 0) is 38.5 Å². The van der Waals surface area contributed by atoms with Crippen molar-refractivity contribution in [2.75, 3.05) is 6.61 Å². The highest BCUT2D eigenvalue weighted by Crippen LogP contribution is 2.36. The minimum Gasteiger partial charge on any atom is -0.458 e. The Bertz CT molecular complexity index is 787. The molecule has 1 aliphatic heterocycles. The van der Waals surface area contributed by atoms with Crippen LogP contribution in [0, 0.1) is 5.92 Å². The fourth-order valence-corrected chi connectivity index (χ4v) is 3.48. The Hall–Kier alpha value is -2.67. The molecule has 1 heterocycles. The van der Waals surface area contributed by atoms with Crippen molar-refractivity contribution < 1.29 is 33.7 Å². The predicted molar refractivity (Wildman–Crippen MR) is 106 cm³/mol. The van der Waals surface area contributed by atoms with Crippen LogP contribution in [0.4, 0.5) is 0 Å². The van der Waals surface area contributed by atoms with Crippen molar-refractivity contribution in [3.63, 3.8) is 0 Å². The smallest absolute Gasteiger partial charge is 0.334 e. The molecule has 0 aromatic heterocycles. The van der Waals surface area contributed by atoms with Crippen LogP contribution in [0.2, 0.25) is 0 Å². The van der Waals surface area contributed by atoms with Gasteiger partial charge in [-0.3, -0.25) is 4.79 Å². The van der Waals surface area contributed by atoms with Crippen molar-refractivity contribution in [2.24, 2.45) is 5.92 Å². The van der Waals surface area contributed by atoms with Gasteiger partial charge in [0, 0.05) is 30.9 Å². The second kappa shape index (κ2) is 9.69. The summed E-state index contributed by atoms with van der Waals surface area (Å²) in [7, 11) is 0. The zero-order valence-electron chi connectivity index (χ0n) is 17.3. The Morgan fingerprint density at radius 3 is 2.62 bits per heavy atom. The van der Waals surface area contributed by atoms with Crippen molar-refractivity contribution in [3.8, 4) is 0 Å². The normalized spacial score (nSPS) is 31.6. The van der Waals surface area contributed by atoms with Gasteiger partial charge in [0.15, 0.2) is 0 Å².